The van der Waals surface area contributed by atoms with Gasteiger partial charge in [-0.05, 0) is 32.1 Å². The molecule has 0 amide bonds. The molecule has 19 heavy (non-hydrogen) atoms. The van der Waals surface area contributed by atoms with Crippen LogP contribution in [0.5, 0.6) is 0 Å². The molecule has 1 unspecified atom stereocenters. The molecule has 0 heterocycles. The van der Waals surface area contributed by atoms with E-state index in [1.54, 1.807) is 7.11 Å². The molecule has 1 saturated carbocycles. The molecule has 0 aromatic heterocycles. The van der Waals surface area contributed by atoms with E-state index in [0.29, 0.717) is 12.0 Å². The maximum Gasteiger partial charge on any atom is 0.0611 e. The fourth-order valence-corrected chi connectivity index (χ4v) is 2.35. The Kier molecular flexibility index (Phi) is 7.29. The zero-order valence-corrected chi connectivity index (χ0v) is 13.1. The zero-order chi connectivity index (χ0) is 14.3. The van der Waals surface area contributed by atoms with E-state index in [4.69, 9.17) is 4.74 Å². The van der Waals surface area contributed by atoms with Gasteiger partial charge in [0, 0.05) is 38.3 Å². The van der Waals surface area contributed by atoms with E-state index in [2.05, 4.69) is 31.0 Å². The van der Waals surface area contributed by atoms with Gasteiger partial charge in [0.1, 0.15) is 0 Å². The number of hydrogen-bond acceptors (Lipinski definition) is 4. The highest BCUT2D eigenvalue weighted by Crippen LogP contribution is 2.24. The molecule has 0 aromatic rings. The Balaban J connectivity index is 2.37. The molecule has 114 valence electrons. The quantitative estimate of drug-likeness (QED) is 0.598. The van der Waals surface area contributed by atoms with Crippen molar-refractivity contribution in [3.63, 3.8) is 0 Å². The lowest BCUT2D eigenvalue weighted by Gasteiger charge is -2.33. The molecule has 1 fully saturated rings. The first-order chi connectivity index (χ1) is 8.99. The molecule has 1 aliphatic rings. The first-order valence-electron chi connectivity index (χ1n) is 7.59. The average Bonchev–Trinajstić information content (AvgIpc) is 3.16. The van der Waals surface area contributed by atoms with Gasteiger partial charge < -0.3 is 20.1 Å². The molecular weight excluding hydrogens is 240 g/mol. The molecular formula is C15H32N2O2. The van der Waals surface area contributed by atoms with E-state index in [1.807, 2.05) is 0 Å². The number of rotatable bonds is 11. The number of ether oxygens (including phenoxy) is 1. The fraction of sp³-hybridized carbons (Fsp3) is 1.00. The summed E-state index contributed by atoms with van der Waals surface area (Å²) in [5.74, 6) is 0.661. The van der Waals surface area contributed by atoms with Gasteiger partial charge in [-0.15, -0.1) is 0 Å². The lowest BCUT2D eigenvalue weighted by molar-refractivity contribution is 0.114. The molecule has 0 radical (unpaired) electrons. The van der Waals surface area contributed by atoms with E-state index in [1.165, 1.54) is 12.8 Å². The van der Waals surface area contributed by atoms with Gasteiger partial charge in [-0.3, -0.25) is 0 Å². The number of aliphatic hydroxyl groups is 1. The zero-order valence-electron chi connectivity index (χ0n) is 13.1. The summed E-state index contributed by atoms with van der Waals surface area (Å²) >= 11 is 0. The summed E-state index contributed by atoms with van der Waals surface area (Å²) in [6.07, 6.45) is 3.50. The van der Waals surface area contributed by atoms with Gasteiger partial charge in [-0.2, -0.15) is 0 Å². The van der Waals surface area contributed by atoms with Gasteiger partial charge in [0.25, 0.3) is 0 Å². The normalized spacial score (nSPS) is 19.1. The molecule has 1 atom stereocenters. The predicted molar refractivity (Wildman–Crippen MR) is 79.4 cm³/mol. The maximum atomic E-state index is 9.63. The number of hydrogen-bond donors (Lipinski definition) is 2. The van der Waals surface area contributed by atoms with Crippen molar-refractivity contribution in [1.82, 2.24) is 10.2 Å². The third-order valence-corrected chi connectivity index (χ3v) is 3.69. The highest BCUT2D eigenvalue weighted by molar-refractivity contribution is 4.92. The van der Waals surface area contributed by atoms with Crippen LogP contribution in [0, 0.1) is 5.92 Å². The number of nitrogens with zero attached hydrogens (tertiary/aromatic N) is 1. The van der Waals surface area contributed by atoms with Gasteiger partial charge in [0.2, 0.25) is 0 Å². The van der Waals surface area contributed by atoms with Crippen LogP contribution in [0.15, 0.2) is 0 Å². The first-order valence-corrected chi connectivity index (χ1v) is 7.59. The number of nitrogens with one attached hydrogen (secondary N) is 1. The summed E-state index contributed by atoms with van der Waals surface area (Å²) in [6.45, 7) is 10.7. The van der Waals surface area contributed by atoms with Crippen LogP contribution in [-0.2, 0) is 4.74 Å². The maximum absolute atomic E-state index is 9.63. The Labute approximate surface area is 118 Å². The van der Waals surface area contributed by atoms with E-state index in [0.717, 1.165) is 32.7 Å². The smallest absolute Gasteiger partial charge is 0.0611 e. The Morgan fingerprint density at radius 1 is 1.37 bits per heavy atom. The largest absolute Gasteiger partial charge is 0.394 e. The van der Waals surface area contributed by atoms with Crippen LogP contribution in [-0.4, -0.2) is 61.5 Å². The molecule has 0 spiro atoms. The second-order valence-electron chi connectivity index (χ2n) is 6.57. The molecule has 0 saturated heterocycles. The Hall–Kier alpha value is -0.160. The Morgan fingerprint density at radius 3 is 2.53 bits per heavy atom. The van der Waals surface area contributed by atoms with Crippen LogP contribution in [0.1, 0.15) is 40.0 Å². The molecule has 4 nitrogen and oxygen atoms in total. The fourth-order valence-electron chi connectivity index (χ4n) is 2.35. The predicted octanol–water partition coefficient (Wildman–Crippen LogP) is 1.48. The van der Waals surface area contributed by atoms with Crippen molar-refractivity contribution < 1.29 is 9.84 Å². The monoisotopic (exact) mass is 272 g/mol. The minimum Gasteiger partial charge on any atom is -0.394 e. The lowest BCUT2D eigenvalue weighted by Crippen LogP contribution is -2.49. The van der Waals surface area contributed by atoms with Crippen LogP contribution in [0.25, 0.3) is 0 Å². The highest BCUT2D eigenvalue weighted by Gasteiger charge is 2.32. The van der Waals surface area contributed by atoms with Crippen LogP contribution in [0.4, 0.5) is 0 Å². The summed E-state index contributed by atoms with van der Waals surface area (Å²) in [4.78, 5) is 2.44. The third-order valence-electron chi connectivity index (χ3n) is 3.69. The minimum absolute atomic E-state index is 0.135. The van der Waals surface area contributed by atoms with Crippen LogP contribution in [0.2, 0.25) is 0 Å². The summed E-state index contributed by atoms with van der Waals surface area (Å²) in [7, 11) is 1.75. The van der Waals surface area contributed by atoms with Crippen molar-refractivity contribution in [3.8, 4) is 0 Å². The topological polar surface area (TPSA) is 44.7 Å². The SMILES string of the molecule is COCCN(CCC(C)(CO)NC1CC1)CC(C)C. The first kappa shape index (κ1) is 16.9. The van der Waals surface area contributed by atoms with Gasteiger partial charge in [-0.1, -0.05) is 13.8 Å². The van der Waals surface area contributed by atoms with Gasteiger partial charge in [-0.25, -0.2) is 0 Å². The van der Waals surface area contributed by atoms with E-state index < -0.39 is 0 Å². The summed E-state index contributed by atoms with van der Waals surface area (Å²) in [5, 5.41) is 13.2. The molecule has 1 aliphatic carbocycles. The van der Waals surface area contributed by atoms with Crippen molar-refractivity contribution in [2.45, 2.75) is 51.6 Å². The van der Waals surface area contributed by atoms with E-state index in [9.17, 15) is 5.11 Å². The second kappa shape index (κ2) is 8.20. The molecule has 0 aromatic carbocycles. The molecule has 2 N–H and O–H groups in total. The van der Waals surface area contributed by atoms with Crippen molar-refractivity contribution in [2.75, 3.05) is 40.0 Å². The summed E-state index contributed by atoms with van der Waals surface area (Å²) < 4.78 is 5.18. The van der Waals surface area contributed by atoms with Crippen LogP contribution >= 0.6 is 0 Å². The Bertz CT molecular complexity index is 244. The molecule has 0 aliphatic heterocycles. The van der Waals surface area contributed by atoms with Gasteiger partial charge in [0.05, 0.1) is 13.2 Å². The van der Waals surface area contributed by atoms with E-state index >= 15 is 0 Å². The standard InChI is InChI=1S/C15H32N2O2/c1-13(2)11-17(9-10-19-4)8-7-15(3,12-18)16-14-5-6-14/h13-14,16,18H,5-12H2,1-4H3. The molecule has 0 bridgehead atoms. The van der Waals surface area contributed by atoms with Crippen molar-refractivity contribution in [3.05, 3.63) is 0 Å². The Morgan fingerprint density at radius 2 is 2.05 bits per heavy atom. The van der Waals surface area contributed by atoms with Gasteiger partial charge >= 0.3 is 0 Å². The average molecular weight is 272 g/mol. The summed E-state index contributed by atoms with van der Waals surface area (Å²) in [6, 6.07) is 0.634. The molecule has 4 heteroatoms. The van der Waals surface area contributed by atoms with Gasteiger partial charge in [0.15, 0.2) is 0 Å². The minimum atomic E-state index is -0.135. The second-order valence-corrected chi connectivity index (χ2v) is 6.57. The highest BCUT2D eigenvalue weighted by atomic mass is 16.5. The van der Waals surface area contributed by atoms with Crippen molar-refractivity contribution >= 4 is 0 Å². The van der Waals surface area contributed by atoms with Crippen molar-refractivity contribution in [2.24, 2.45) is 5.92 Å². The van der Waals surface area contributed by atoms with Crippen LogP contribution < -0.4 is 5.32 Å². The van der Waals surface area contributed by atoms with Crippen molar-refractivity contribution in [1.29, 1.82) is 0 Å². The third kappa shape index (κ3) is 7.25. The van der Waals surface area contributed by atoms with Crippen LogP contribution in [0.3, 0.4) is 0 Å². The lowest BCUT2D eigenvalue weighted by atomic mass is 9.98. The summed E-state index contributed by atoms with van der Waals surface area (Å²) in [5.41, 5.74) is -0.135. The number of methoxy groups -OCH3 is 1. The van der Waals surface area contributed by atoms with E-state index in [-0.39, 0.29) is 12.1 Å². The number of aliphatic hydroxyl groups excluding tert-OH is 1. The molecule has 1 rings (SSSR count).